The molecular weight excluding hydrogens is 216 g/mol. The SMILES string of the molecule is CNSc1cccc2c(N(C)C)cccc12. The van der Waals surface area contributed by atoms with Crippen LogP contribution in [-0.4, -0.2) is 21.1 Å². The minimum absolute atomic E-state index is 1.26. The Hall–Kier alpha value is -1.19. The molecule has 0 heterocycles. The van der Waals surface area contributed by atoms with E-state index in [9.17, 15) is 0 Å². The van der Waals surface area contributed by atoms with E-state index in [-0.39, 0.29) is 0 Å². The van der Waals surface area contributed by atoms with Gasteiger partial charge in [-0.3, -0.25) is 4.72 Å². The molecule has 2 rings (SSSR count). The summed E-state index contributed by atoms with van der Waals surface area (Å²) >= 11 is 1.66. The highest BCUT2D eigenvalue weighted by Gasteiger charge is 2.05. The van der Waals surface area contributed by atoms with Crippen LogP contribution in [0.2, 0.25) is 0 Å². The van der Waals surface area contributed by atoms with Gasteiger partial charge in [0.1, 0.15) is 0 Å². The topological polar surface area (TPSA) is 15.3 Å². The van der Waals surface area contributed by atoms with Crippen LogP contribution >= 0.6 is 11.9 Å². The van der Waals surface area contributed by atoms with Gasteiger partial charge < -0.3 is 4.90 Å². The Morgan fingerprint density at radius 1 is 1.00 bits per heavy atom. The molecule has 0 saturated carbocycles. The average Bonchev–Trinajstić information content (AvgIpc) is 2.29. The van der Waals surface area contributed by atoms with Crippen LogP contribution in [0.15, 0.2) is 41.3 Å². The minimum Gasteiger partial charge on any atom is -0.377 e. The molecule has 0 fully saturated rings. The molecule has 2 aromatic rings. The lowest BCUT2D eigenvalue weighted by Gasteiger charge is -2.16. The van der Waals surface area contributed by atoms with Gasteiger partial charge in [-0.1, -0.05) is 24.3 Å². The first-order valence-electron chi connectivity index (χ1n) is 5.26. The summed E-state index contributed by atoms with van der Waals surface area (Å²) in [6.07, 6.45) is 0. The highest BCUT2D eigenvalue weighted by molar-refractivity contribution is 7.97. The maximum absolute atomic E-state index is 3.13. The van der Waals surface area contributed by atoms with Gasteiger partial charge in [-0.05, 0) is 36.5 Å². The van der Waals surface area contributed by atoms with E-state index < -0.39 is 0 Å². The van der Waals surface area contributed by atoms with Crippen LogP contribution in [0.25, 0.3) is 10.8 Å². The molecule has 0 aliphatic rings. The zero-order chi connectivity index (χ0) is 11.5. The van der Waals surface area contributed by atoms with E-state index in [1.54, 1.807) is 11.9 Å². The summed E-state index contributed by atoms with van der Waals surface area (Å²) in [5, 5.41) is 2.60. The van der Waals surface area contributed by atoms with E-state index in [4.69, 9.17) is 0 Å². The second-order valence-electron chi connectivity index (χ2n) is 3.83. The molecule has 84 valence electrons. The maximum atomic E-state index is 3.13. The lowest BCUT2D eigenvalue weighted by Crippen LogP contribution is -2.08. The molecular formula is C13H16N2S. The quantitative estimate of drug-likeness (QED) is 0.818. The Balaban J connectivity index is 2.66. The molecule has 0 aromatic heterocycles. The van der Waals surface area contributed by atoms with Gasteiger partial charge in [-0.25, -0.2) is 0 Å². The number of hydrogen-bond donors (Lipinski definition) is 1. The van der Waals surface area contributed by atoms with Gasteiger partial charge in [0.25, 0.3) is 0 Å². The summed E-state index contributed by atoms with van der Waals surface area (Å²) in [4.78, 5) is 3.42. The number of benzene rings is 2. The van der Waals surface area contributed by atoms with Crippen molar-refractivity contribution in [1.82, 2.24) is 4.72 Å². The van der Waals surface area contributed by atoms with Crippen LogP contribution < -0.4 is 9.62 Å². The fraction of sp³-hybridized carbons (Fsp3) is 0.231. The summed E-state index contributed by atoms with van der Waals surface area (Å²) in [5.41, 5.74) is 1.26. The molecule has 2 aromatic carbocycles. The highest BCUT2D eigenvalue weighted by Crippen LogP contribution is 2.31. The Morgan fingerprint density at radius 2 is 1.69 bits per heavy atom. The molecule has 0 bridgehead atoms. The van der Waals surface area contributed by atoms with Crippen molar-refractivity contribution in [2.75, 3.05) is 26.0 Å². The van der Waals surface area contributed by atoms with Gasteiger partial charge >= 0.3 is 0 Å². The van der Waals surface area contributed by atoms with Gasteiger partial charge in [-0.2, -0.15) is 0 Å². The maximum Gasteiger partial charge on any atom is 0.0441 e. The second kappa shape index (κ2) is 4.76. The zero-order valence-electron chi connectivity index (χ0n) is 9.82. The summed E-state index contributed by atoms with van der Waals surface area (Å²) in [6, 6.07) is 12.8. The fourth-order valence-electron chi connectivity index (χ4n) is 1.85. The third kappa shape index (κ3) is 2.01. The first-order valence-corrected chi connectivity index (χ1v) is 6.08. The Labute approximate surface area is 101 Å². The third-order valence-corrected chi connectivity index (χ3v) is 3.33. The van der Waals surface area contributed by atoms with Crippen LogP contribution in [0.1, 0.15) is 0 Å². The lowest BCUT2D eigenvalue weighted by molar-refractivity contribution is 1.14. The molecule has 0 aliphatic heterocycles. The van der Waals surface area contributed by atoms with Crippen molar-refractivity contribution in [2.24, 2.45) is 0 Å². The predicted octanol–water partition coefficient (Wildman–Crippen LogP) is 3.13. The van der Waals surface area contributed by atoms with Crippen LogP contribution in [0, 0.1) is 0 Å². The predicted molar refractivity (Wildman–Crippen MR) is 73.2 cm³/mol. The summed E-state index contributed by atoms with van der Waals surface area (Å²) < 4.78 is 3.13. The second-order valence-corrected chi connectivity index (χ2v) is 4.88. The number of fused-ring (bicyclic) bond motifs is 1. The zero-order valence-corrected chi connectivity index (χ0v) is 10.6. The summed E-state index contributed by atoms with van der Waals surface area (Å²) in [5.74, 6) is 0. The van der Waals surface area contributed by atoms with E-state index in [2.05, 4.69) is 60.1 Å². The highest BCUT2D eigenvalue weighted by atomic mass is 32.2. The van der Waals surface area contributed by atoms with Gasteiger partial charge in [0.05, 0.1) is 0 Å². The van der Waals surface area contributed by atoms with Crippen molar-refractivity contribution in [1.29, 1.82) is 0 Å². The molecule has 0 atom stereocenters. The summed E-state index contributed by atoms with van der Waals surface area (Å²) in [6.45, 7) is 0. The number of nitrogens with one attached hydrogen (secondary N) is 1. The van der Waals surface area contributed by atoms with Crippen LogP contribution in [0.4, 0.5) is 5.69 Å². The lowest BCUT2D eigenvalue weighted by atomic mass is 10.1. The first-order chi connectivity index (χ1) is 7.74. The molecule has 0 radical (unpaired) electrons. The Bertz CT molecular complexity index is 494. The molecule has 3 heteroatoms. The third-order valence-electron chi connectivity index (χ3n) is 2.55. The van der Waals surface area contributed by atoms with Gasteiger partial charge in [0.15, 0.2) is 0 Å². The number of nitrogens with zero attached hydrogens (tertiary/aromatic N) is 1. The standard InChI is InChI=1S/C13H16N2S/c1-14-16-13-9-5-6-10-11(13)7-4-8-12(10)15(2)3/h4-9,14H,1-3H3. The largest absolute Gasteiger partial charge is 0.377 e. The van der Waals surface area contributed by atoms with Crippen molar-refractivity contribution in [2.45, 2.75) is 4.90 Å². The van der Waals surface area contributed by atoms with E-state index >= 15 is 0 Å². The van der Waals surface area contributed by atoms with E-state index in [0.717, 1.165) is 0 Å². The van der Waals surface area contributed by atoms with Crippen molar-refractivity contribution >= 4 is 28.4 Å². The van der Waals surface area contributed by atoms with Crippen molar-refractivity contribution in [3.05, 3.63) is 36.4 Å². The van der Waals surface area contributed by atoms with Gasteiger partial charge in [-0.15, -0.1) is 0 Å². The molecule has 2 nitrogen and oxygen atoms in total. The number of hydrogen-bond acceptors (Lipinski definition) is 3. The smallest absolute Gasteiger partial charge is 0.0441 e. The molecule has 0 unspecified atom stereocenters. The van der Waals surface area contributed by atoms with Gasteiger partial charge in [0, 0.05) is 30.1 Å². The Morgan fingerprint density at radius 3 is 2.38 bits per heavy atom. The Kier molecular flexibility index (Phi) is 3.36. The molecule has 16 heavy (non-hydrogen) atoms. The molecule has 0 amide bonds. The molecule has 0 spiro atoms. The first kappa shape index (κ1) is 11.3. The summed E-state index contributed by atoms with van der Waals surface area (Å²) in [7, 11) is 6.10. The molecule has 0 aliphatic carbocycles. The van der Waals surface area contributed by atoms with E-state index in [0.29, 0.717) is 0 Å². The van der Waals surface area contributed by atoms with Crippen LogP contribution in [-0.2, 0) is 0 Å². The molecule has 1 N–H and O–H groups in total. The number of rotatable bonds is 3. The van der Waals surface area contributed by atoms with E-state index in [1.165, 1.54) is 21.4 Å². The molecule has 0 saturated heterocycles. The normalized spacial score (nSPS) is 10.7. The van der Waals surface area contributed by atoms with Gasteiger partial charge in [0.2, 0.25) is 0 Å². The average molecular weight is 232 g/mol. The van der Waals surface area contributed by atoms with Crippen molar-refractivity contribution < 1.29 is 0 Å². The van der Waals surface area contributed by atoms with Crippen molar-refractivity contribution in [3.8, 4) is 0 Å². The fourth-order valence-corrected chi connectivity index (χ4v) is 2.51. The monoisotopic (exact) mass is 232 g/mol. The number of anilines is 1. The van der Waals surface area contributed by atoms with Crippen LogP contribution in [0.3, 0.4) is 0 Å². The minimum atomic E-state index is 1.26. The van der Waals surface area contributed by atoms with E-state index in [1.807, 2.05) is 7.05 Å². The van der Waals surface area contributed by atoms with Crippen LogP contribution in [0.5, 0.6) is 0 Å². The van der Waals surface area contributed by atoms with Crippen molar-refractivity contribution in [3.63, 3.8) is 0 Å².